The lowest BCUT2D eigenvalue weighted by atomic mass is 10.2. The van der Waals surface area contributed by atoms with Gasteiger partial charge in [-0.05, 0) is 23.6 Å². The van der Waals surface area contributed by atoms with E-state index in [-0.39, 0.29) is 24.0 Å². The third-order valence-corrected chi connectivity index (χ3v) is 2.76. The van der Waals surface area contributed by atoms with Crippen LogP contribution in [0.1, 0.15) is 19.4 Å². The predicted octanol–water partition coefficient (Wildman–Crippen LogP) is 2.65. The molecular formula is C16H28IN3O2. The average Bonchev–Trinajstić information content (AvgIpc) is 2.49. The van der Waals surface area contributed by atoms with Gasteiger partial charge in [-0.2, -0.15) is 0 Å². The molecule has 1 aromatic carbocycles. The normalized spacial score (nSPS) is 11.0. The number of hydrogen-bond acceptors (Lipinski definition) is 3. The molecule has 0 amide bonds. The van der Waals surface area contributed by atoms with E-state index in [0.29, 0.717) is 19.1 Å². The Morgan fingerprint density at radius 3 is 2.68 bits per heavy atom. The molecule has 0 fully saturated rings. The molecule has 0 spiro atoms. The number of nitrogens with zero attached hydrogens (tertiary/aromatic N) is 1. The van der Waals surface area contributed by atoms with Gasteiger partial charge in [0, 0.05) is 27.2 Å². The summed E-state index contributed by atoms with van der Waals surface area (Å²) in [5, 5.41) is 6.44. The molecule has 0 unspecified atom stereocenters. The summed E-state index contributed by atoms with van der Waals surface area (Å²) >= 11 is 0. The van der Waals surface area contributed by atoms with E-state index < -0.39 is 0 Å². The van der Waals surface area contributed by atoms with Gasteiger partial charge in [-0.25, -0.2) is 0 Å². The van der Waals surface area contributed by atoms with Gasteiger partial charge in [0.15, 0.2) is 5.96 Å². The Balaban J connectivity index is 0.00000441. The van der Waals surface area contributed by atoms with Crippen LogP contribution in [0.2, 0.25) is 0 Å². The zero-order valence-corrected chi connectivity index (χ0v) is 16.2. The number of guanidine groups is 1. The van der Waals surface area contributed by atoms with Crippen LogP contribution in [0.15, 0.2) is 29.3 Å². The molecule has 0 aliphatic rings. The number of benzene rings is 1. The molecule has 0 aliphatic carbocycles. The number of aliphatic imine (C=N–C) groups is 1. The molecule has 1 rings (SSSR count). The summed E-state index contributed by atoms with van der Waals surface area (Å²) in [7, 11) is 3.44. The second kappa shape index (κ2) is 12.5. The van der Waals surface area contributed by atoms with Crippen LogP contribution in [-0.2, 0) is 11.3 Å². The number of nitrogens with one attached hydrogen (secondary N) is 2. The van der Waals surface area contributed by atoms with E-state index >= 15 is 0 Å². The Morgan fingerprint density at radius 2 is 2.05 bits per heavy atom. The highest BCUT2D eigenvalue weighted by atomic mass is 127. The van der Waals surface area contributed by atoms with E-state index in [4.69, 9.17) is 9.47 Å². The number of hydrogen-bond donors (Lipinski definition) is 2. The zero-order valence-electron chi connectivity index (χ0n) is 13.9. The molecule has 126 valence electrons. The van der Waals surface area contributed by atoms with Crippen molar-refractivity contribution in [3.05, 3.63) is 29.8 Å². The summed E-state index contributed by atoms with van der Waals surface area (Å²) in [6, 6.07) is 8.11. The van der Waals surface area contributed by atoms with E-state index in [0.717, 1.165) is 30.4 Å². The summed E-state index contributed by atoms with van der Waals surface area (Å²) in [6.07, 6.45) is 0. The van der Waals surface area contributed by atoms with Crippen molar-refractivity contribution in [2.24, 2.45) is 10.9 Å². The smallest absolute Gasteiger partial charge is 0.191 e. The predicted molar refractivity (Wildman–Crippen MR) is 102 cm³/mol. The first-order chi connectivity index (χ1) is 10.2. The lowest BCUT2D eigenvalue weighted by Gasteiger charge is -2.13. The fraction of sp³-hybridized carbons (Fsp3) is 0.562. The first-order valence-electron chi connectivity index (χ1n) is 7.31. The number of methoxy groups -OCH3 is 1. The van der Waals surface area contributed by atoms with Gasteiger partial charge in [-0.3, -0.25) is 4.99 Å². The number of halogens is 1. The van der Waals surface area contributed by atoms with Crippen molar-refractivity contribution < 1.29 is 9.47 Å². The van der Waals surface area contributed by atoms with Gasteiger partial charge in [-0.1, -0.05) is 26.0 Å². The van der Waals surface area contributed by atoms with Crippen molar-refractivity contribution in [2.45, 2.75) is 20.4 Å². The van der Waals surface area contributed by atoms with Crippen LogP contribution in [0, 0.1) is 5.92 Å². The first-order valence-corrected chi connectivity index (χ1v) is 7.31. The minimum Gasteiger partial charge on any atom is -0.493 e. The molecule has 2 N–H and O–H groups in total. The standard InChI is InChI=1S/C16H27N3O2.HI/c1-13(2)12-21-15-7-5-6-14(10-15)11-19-16(17-3)18-8-9-20-4;/h5-7,10,13H,8-9,11-12H2,1-4H3,(H2,17,18,19);1H. The monoisotopic (exact) mass is 421 g/mol. The molecule has 5 nitrogen and oxygen atoms in total. The maximum absolute atomic E-state index is 5.73. The van der Waals surface area contributed by atoms with Crippen molar-refractivity contribution in [1.82, 2.24) is 10.6 Å². The molecule has 6 heteroatoms. The molecular weight excluding hydrogens is 393 g/mol. The number of rotatable bonds is 8. The molecule has 22 heavy (non-hydrogen) atoms. The Kier molecular flexibility index (Phi) is 11.9. The van der Waals surface area contributed by atoms with Crippen molar-refractivity contribution in [3.8, 4) is 5.75 Å². The largest absolute Gasteiger partial charge is 0.493 e. The minimum atomic E-state index is 0. The zero-order chi connectivity index (χ0) is 15.5. The van der Waals surface area contributed by atoms with Gasteiger partial charge in [0.2, 0.25) is 0 Å². The molecule has 0 saturated carbocycles. The van der Waals surface area contributed by atoms with E-state index in [9.17, 15) is 0 Å². The lowest BCUT2D eigenvalue weighted by Crippen LogP contribution is -2.38. The van der Waals surface area contributed by atoms with Gasteiger partial charge in [0.05, 0.1) is 13.2 Å². The third kappa shape index (κ3) is 9.09. The molecule has 0 atom stereocenters. The minimum absolute atomic E-state index is 0. The molecule has 0 saturated heterocycles. The summed E-state index contributed by atoms with van der Waals surface area (Å²) in [6.45, 7) is 7.10. The highest BCUT2D eigenvalue weighted by Crippen LogP contribution is 2.14. The second-order valence-corrected chi connectivity index (χ2v) is 5.20. The fourth-order valence-corrected chi connectivity index (χ4v) is 1.69. The van der Waals surface area contributed by atoms with Crippen molar-refractivity contribution in [1.29, 1.82) is 0 Å². The molecule has 0 bridgehead atoms. The molecule has 0 aliphatic heterocycles. The summed E-state index contributed by atoms with van der Waals surface area (Å²) < 4.78 is 10.7. The Labute approximate surface area is 150 Å². The van der Waals surface area contributed by atoms with Gasteiger partial charge >= 0.3 is 0 Å². The van der Waals surface area contributed by atoms with E-state index in [2.05, 4.69) is 41.6 Å². The first kappa shape index (κ1) is 21.0. The van der Waals surface area contributed by atoms with E-state index in [1.165, 1.54) is 0 Å². The van der Waals surface area contributed by atoms with Gasteiger partial charge < -0.3 is 20.1 Å². The summed E-state index contributed by atoms with van der Waals surface area (Å²) in [5.74, 6) is 2.20. The summed E-state index contributed by atoms with van der Waals surface area (Å²) in [4.78, 5) is 4.16. The van der Waals surface area contributed by atoms with Crippen molar-refractivity contribution in [3.63, 3.8) is 0 Å². The van der Waals surface area contributed by atoms with Crippen LogP contribution in [0.4, 0.5) is 0 Å². The van der Waals surface area contributed by atoms with Crippen LogP contribution in [0.25, 0.3) is 0 Å². The Morgan fingerprint density at radius 1 is 1.27 bits per heavy atom. The van der Waals surface area contributed by atoms with E-state index in [1.807, 2.05) is 12.1 Å². The highest BCUT2D eigenvalue weighted by Gasteiger charge is 2.01. The molecule has 0 aromatic heterocycles. The molecule has 1 aromatic rings. The van der Waals surface area contributed by atoms with Crippen LogP contribution >= 0.6 is 24.0 Å². The van der Waals surface area contributed by atoms with Crippen LogP contribution in [0.5, 0.6) is 5.75 Å². The van der Waals surface area contributed by atoms with Crippen LogP contribution in [-0.4, -0.2) is 39.9 Å². The summed E-state index contributed by atoms with van der Waals surface area (Å²) in [5.41, 5.74) is 1.16. The topological polar surface area (TPSA) is 54.9 Å². The quantitative estimate of drug-likeness (QED) is 0.293. The van der Waals surface area contributed by atoms with Crippen molar-refractivity contribution in [2.75, 3.05) is 33.9 Å². The maximum atomic E-state index is 5.73. The third-order valence-electron chi connectivity index (χ3n) is 2.76. The molecule has 0 radical (unpaired) electrons. The highest BCUT2D eigenvalue weighted by molar-refractivity contribution is 14.0. The second-order valence-electron chi connectivity index (χ2n) is 5.20. The molecule has 0 heterocycles. The SMILES string of the molecule is CN=C(NCCOC)NCc1cccc(OCC(C)C)c1.I. The fourth-order valence-electron chi connectivity index (χ4n) is 1.69. The van der Waals surface area contributed by atoms with Gasteiger partial charge in [-0.15, -0.1) is 24.0 Å². The average molecular weight is 421 g/mol. The Hall–Kier alpha value is -1.02. The number of ether oxygens (including phenoxy) is 2. The maximum Gasteiger partial charge on any atom is 0.191 e. The Bertz CT molecular complexity index is 439. The lowest BCUT2D eigenvalue weighted by molar-refractivity contribution is 0.203. The van der Waals surface area contributed by atoms with Crippen molar-refractivity contribution >= 4 is 29.9 Å². The van der Waals surface area contributed by atoms with Crippen LogP contribution in [0.3, 0.4) is 0 Å². The van der Waals surface area contributed by atoms with Gasteiger partial charge in [0.1, 0.15) is 5.75 Å². The van der Waals surface area contributed by atoms with E-state index in [1.54, 1.807) is 14.2 Å². The van der Waals surface area contributed by atoms with Crippen LogP contribution < -0.4 is 15.4 Å². The van der Waals surface area contributed by atoms with Gasteiger partial charge in [0.25, 0.3) is 0 Å².